The summed E-state index contributed by atoms with van der Waals surface area (Å²) in [5.41, 5.74) is -1.94. The van der Waals surface area contributed by atoms with Crippen molar-refractivity contribution in [3.63, 3.8) is 0 Å². The monoisotopic (exact) mass is 232 g/mol. The molecule has 0 N–H and O–H groups in total. The van der Waals surface area contributed by atoms with Gasteiger partial charge in [0, 0.05) is 4.90 Å². The number of benzene rings is 1. The molecule has 0 saturated heterocycles. The van der Waals surface area contributed by atoms with Gasteiger partial charge in [0.15, 0.2) is 5.50 Å². The molecule has 0 aliphatic heterocycles. The molecule has 2 unspecified atom stereocenters. The van der Waals surface area contributed by atoms with E-state index in [9.17, 15) is 13.6 Å². The first-order valence-electron chi connectivity index (χ1n) is 4.23. The zero-order valence-corrected chi connectivity index (χ0v) is 8.84. The fourth-order valence-electron chi connectivity index (χ4n) is 0.908. The molecule has 0 aliphatic rings. The van der Waals surface area contributed by atoms with Gasteiger partial charge in [-0.25, -0.2) is 13.6 Å². The molecule has 0 radical (unpaired) electrons. The van der Waals surface area contributed by atoms with Crippen molar-refractivity contribution in [2.45, 2.75) is 16.6 Å². The predicted molar refractivity (Wildman–Crippen MR) is 54.1 cm³/mol. The quantitative estimate of drug-likeness (QED) is 0.589. The number of rotatable bonds is 4. The number of thioether (sulfide) groups is 1. The lowest BCUT2D eigenvalue weighted by molar-refractivity contribution is -0.147. The Bertz CT molecular complexity index is 318. The van der Waals surface area contributed by atoms with Crippen molar-refractivity contribution in [1.29, 1.82) is 0 Å². The Kier molecular flexibility index (Phi) is 4.55. The van der Waals surface area contributed by atoms with E-state index in [1.54, 1.807) is 30.3 Å². The van der Waals surface area contributed by atoms with E-state index in [4.69, 9.17) is 0 Å². The van der Waals surface area contributed by atoms with E-state index >= 15 is 0 Å². The Morgan fingerprint density at radius 1 is 1.33 bits per heavy atom. The normalized spacial score (nSPS) is 14.3. The fourth-order valence-corrected chi connectivity index (χ4v) is 1.71. The molecule has 0 fully saturated rings. The van der Waals surface area contributed by atoms with Gasteiger partial charge >= 0.3 is 5.97 Å². The Labute approximate surface area is 90.6 Å². The smallest absolute Gasteiger partial charge is 0.344 e. The van der Waals surface area contributed by atoms with Crippen LogP contribution in [0, 0.1) is 0 Å². The number of carbonyl (C=O) groups is 1. The van der Waals surface area contributed by atoms with Gasteiger partial charge in [-0.2, -0.15) is 0 Å². The largest absolute Gasteiger partial charge is 0.467 e. The maximum atomic E-state index is 13.2. The van der Waals surface area contributed by atoms with Crippen molar-refractivity contribution in [2.24, 2.45) is 0 Å². The van der Waals surface area contributed by atoms with Crippen LogP contribution in [0.5, 0.6) is 0 Å². The lowest BCUT2D eigenvalue weighted by Gasteiger charge is -2.10. The number of esters is 1. The Balaban J connectivity index is 2.56. The summed E-state index contributed by atoms with van der Waals surface area (Å²) in [7, 11) is 1.02. The standard InChI is InChI=1S/C10H10F2O2S/c1-14-10(13)8(11)9(12)15-7-5-3-2-4-6-7/h2-6,8-9H,1H3. The van der Waals surface area contributed by atoms with Crippen molar-refractivity contribution in [1.82, 2.24) is 0 Å². The van der Waals surface area contributed by atoms with Crippen molar-refractivity contribution < 1.29 is 18.3 Å². The zero-order chi connectivity index (χ0) is 11.3. The highest BCUT2D eigenvalue weighted by Gasteiger charge is 2.29. The van der Waals surface area contributed by atoms with Gasteiger partial charge < -0.3 is 4.74 Å². The second kappa shape index (κ2) is 5.70. The van der Waals surface area contributed by atoms with Crippen molar-refractivity contribution in [2.75, 3.05) is 7.11 Å². The molecule has 0 heterocycles. The molecule has 0 aromatic heterocycles. The average Bonchev–Trinajstić information content (AvgIpc) is 2.28. The van der Waals surface area contributed by atoms with E-state index in [0.717, 1.165) is 7.11 Å². The van der Waals surface area contributed by atoms with E-state index in [1.807, 2.05) is 0 Å². The minimum atomic E-state index is -2.25. The van der Waals surface area contributed by atoms with Crippen LogP contribution in [0.25, 0.3) is 0 Å². The van der Waals surface area contributed by atoms with Crippen LogP contribution >= 0.6 is 11.8 Å². The molecule has 82 valence electrons. The third-order valence-electron chi connectivity index (χ3n) is 1.65. The fraction of sp³-hybridized carbons (Fsp3) is 0.300. The molecule has 0 spiro atoms. The molecule has 0 amide bonds. The molecule has 1 aromatic carbocycles. The minimum absolute atomic E-state index is 0.566. The summed E-state index contributed by atoms with van der Waals surface area (Å²) >= 11 is 0.653. The molecule has 0 saturated carbocycles. The maximum Gasteiger partial charge on any atom is 0.344 e. The molecule has 2 nitrogen and oxygen atoms in total. The van der Waals surface area contributed by atoms with Crippen LogP contribution < -0.4 is 0 Å². The molecular formula is C10H10F2O2S. The van der Waals surface area contributed by atoms with Crippen LogP contribution in [0.1, 0.15) is 0 Å². The number of hydrogen-bond donors (Lipinski definition) is 0. The molecule has 0 aliphatic carbocycles. The number of ether oxygens (including phenoxy) is 1. The van der Waals surface area contributed by atoms with E-state index < -0.39 is 17.6 Å². The first-order chi connectivity index (χ1) is 7.15. The van der Waals surface area contributed by atoms with Gasteiger partial charge in [-0.1, -0.05) is 30.0 Å². The van der Waals surface area contributed by atoms with Gasteiger partial charge in [-0.15, -0.1) is 0 Å². The van der Waals surface area contributed by atoms with Crippen molar-refractivity contribution in [3.05, 3.63) is 30.3 Å². The zero-order valence-electron chi connectivity index (χ0n) is 8.02. The first kappa shape index (κ1) is 12.0. The molecule has 2 atom stereocenters. The second-order valence-electron chi connectivity index (χ2n) is 2.71. The van der Waals surface area contributed by atoms with Crippen molar-refractivity contribution in [3.8, 4) is 0 Å². The number of hydrogen-bond acceptors (Lipinski definition) is 3. The molecule has 15 heavy (non-hydrogen) atoms. The summed E-state index contributed by atoms with van der Waals surface area (Å²) in [6.45, 7) is 0. The average molecular weight is 232 g/mol. The van der Waals surface area contributed by atoms with Gasteiger partial charge in [-0.3, -0.25) is 0 Å². The van der Waals surface area contributed by atoms with Gasteiger partial charge in [-0.05, 0) is 12.1 Å². The van der Waals surface area contributed by atoms with Crippen LogP contribution in [-0.4, -0.2) is 24.8 Å². The predicted octanol–water partition coefficient (Wildman–Crippen LogP) is 2.59. The van der Waals surface area contributed by atoms with E-state index in [0.29, 0.717) is 16.7 Å². The van der Waals surface area contributed by atoms with E-state index in [1.165, 1.54) is 0 Å². The summed E-state index contributed by atoms with van der Waals surface area (Å²) in [6, 6.07) is 8.47. The molecular weight excluding hydrogens is 222 g/mol. The van der Waals surface area contributed by atoms with Crippen LogP contribution in [0.15, 0.2) is 35.2 Å². The number of carbonyl (C=O) groups excluding carboxylic acids is 1. The SMILES string of the molecule is COC(=O)C(F)C(F)Sc1ccccc1. The Morgan fingerprint density at radius 2 is 1.93 bits per heavy atom. The summed E-state index contributed by atoms with van der Waals surface area (Å²) in [6.07, 6.45) is -2.25. The molecule has 1 aromatic rings. The second-order valence-corrected chi connectivity index (χ2v) is 3.86. The number of alkyl halides is 2. The van der Waals surface area contributed by atoms with Gasteiger partial charge in [0.2, 0.25) is 6.17 Å². The number of methoxy groups -OCH3 is 1. The molecule has 5 heteroatoms. The maximum absolute atomic E-state index is 13.2. The highest BCUT2D eigenvalue weighted by molar-refractivity contribution is 7.99. The van der Waals surface area contributed by atoms with Crippen LogP contribution in [-0.2, 0) is 9.53 Å². The summed E-state index contributed by atoms with van der Waals surface area (Å²) < 4.78 is 30.3. The molecule has 0 bridgehead atoms. The first-order valence-corrected chi connectivity index (χ1v) is 5.11. The van der Waals surface area contributed by atoms with Crippen LogP contribution in [0.2, 0.25) is 0 Å². The number of halogens is 2. The van der Waals surface area contributed by atoms with Gasteiger partial charge in [0.05, 0.1) is 7.11 Å². The Hall–Kier alpha value is -1.10. The lowest BCUT2D eigenvalue weighted by Crippen LogP contribution is -2.25. The van der Waals surface area contributed by atoms with E-state index in [-0.39, 0.29) is 0 Å². The van der Waals surface area contributed by atoms with Gasteiger partial charge in [0.25, 0.3) is 0 Å². The Morgan fingerprint density at radius 3 is 2.47 bits per heavy atom. The minimum Gasteiger partial charge on any atom is -0.467 e. The van der Waals surface area contributed by atoms with Crippen molar-refractivity contribution >= 4 is 17.7 Å². The third kappa shape index (κ3) is 3.51. The van der Waals surface area contributed by atoms with Crippen LogP contribution in [0.4, 0.5) is 8.78 Å². The topological polar surface area (TPSA) is 26.3 Å². The summed E-state index contributed by atoms with van der Waals surface area (Å²) in [4.78, 5) is 11.3. The summed E-state index contributed by atoms with van der Waals surface area (Å²) in [5, 5.41) is 0. The highest BCUT2D eigenvalue weighted by atomic mass is 32.2. The highest BCUT2D eigenvalue weighted by Crippen LogP contribution is 2.27. The molecule has 1 rings (SSSR count). The third-order valence-corrected chi connectivity index (χ3v) is 2.66. The lowest BCUT2D eigenvalue weighted by atomic mass is 10.4. The van der Waals surface area contributed by atoms with Gasteiger partial charge in [0.1, 0.15) is 0 Å². The van der Waals surface area contributed by atoms with E-state index in [2.05, 4.69) is 4.74 Å². The van der Waals surface area contributed by atoms with Crippen LogP contribution in [0.3, 0.4) is 0 Å². The summed E-state index contributed by atoms with van der Waals surface area (Å²) in [5.74, 6) is -1.19.